The average Bonchev–Trinajstić information content (AvgIpc) is 3.12. The van der Waals surface area contributed by atoms with Gasteiger partial charge in [-0.15, -0.1) is 0 Å². The summed E-state index contributed by atoms with van der Waals surface area (Å²) < 4.78 is 46.5. The number of nitrogen functional groups attached to an aromatic ring is 1. The average molecular weight is 553 g/mol. The van der Waals surface area contributed by atoms with E-state index in [1.165, 1.54) is 12.4 Å². The highest BCUT2D eigenvalue weighted by Gasteiger charge is 2.25. The first-order valence-corrected chi connectivity index (χ1v) is 13.9. The number of hydrogen-bond acceptors (Lipinski definition) is 10. The molecule has 0 atom stereocenters. The number of fused-ring (bicyclic) bond motifs is 3. The Morgan fingerprint density at radius 2 is 1.97 bits per heavy atom. The number of benzene rings is 1. The zero-order chi connectivity index (χ0) is 27.5. The predicted molar refractivity (Wildman–Crippen MR) is 144 cm³/mol. The van der Waals surface area contributed by atoms with Crippen molar-refractivity contribution in [2.24, 2.45) is 0 Å². The van der Waals surface area contributed by atoms with E-state index < -0.39 is 21.6 Å². The van der Waals surface area contributed by atoms with E-state index >= 15 is 4.39 Å². The number of nitrogens with one attached hydrogen (secondary N) is 2. The van der Waals surface area contributed by atoms with Crippen molar-refractivity contribution in [3.8, 4) is 17.0 Å². The Morgan fingerprint density at radius 1 is 1.15 bits per heavy atom. The molecular weight excluding hydrogens is 527 g/mol. The highest BCUT2D eigenvalue weighted by molar-refractivity contribution is 7.91. The van der Waals surface area contributed by atoms with Gasteiger partial charge in [-0.05, 0) is 30.0 Å². The Balaban J connectivity index is 1.36. The summed E-state index contributed by atoms with van der Waals surface area (Å²) in [5, 5.41) is 11.6. The molecule has 0 saturated carbocycles. The van der Waals surface area contributed by atoms with Crippen molar-refractivity contribution in [3.05, 3.63) is 47.7 Å². The van der Waals surface area contributed by atoms with Gasteiger partial charge in [0.15, 0.2) is 17.6 Å². The summed E-state index contributed by atoms with van der Waals surface area (Å²) in [5.41, 5.74) is 8.64. The zero-order valence-electron chi connectivity index (χ0n) is 21.2. The second kappa shape index (κ2) is 9.08. The van der Waals surface area contributed by atoms with E-state index in [-0.39, 0.29) is 35.5 Å². The van der Waals surface area contributed by atoms with Gasteiger partial charge in [-0.2, -0.15) is 5.10 Å². The van der Waals surface area contributed by atoms with Crippen LogP contribution < -0.4 is 21.1 Å². The van der Waals surface area contributed by atoms with Gasteiger partial charge in [0.05, 0.1) is 5.69 Å². The summed E-state index contributed by atoms with van der Waals surface area (Å²) in [6.07, 6.45) is 3.61. The number of pyridine rings is 2. The van der Waals surface area contributed by atoms with Crippen molar-refractivity contribution in [3.63, 3.8) is 0 Å². The number of rotatable bonds is 3. The van der Waals surface area contributed by atoms with Gasteiger partial charge in [0.1, 0.15) is 23.9 Å². The lowest BCUT2D eigenvalue weighted by atomic mass is 9.97. The van der Waals surface area contributed by atoms with Gasteiger partial charge in [0.2, 0.25) is 21.6 Å². The number of halogens is 1. The Labute approximate surface area is 222 Å². The Bertz CT molecular complexity index is 1770. The number of carbonyl (C=O) groups is 1. The first-order valence-electron chi connectivity index (χ1n) is 12.1. The largest absolute Gasteiger partial charge is 0.460 e. The van der Waals surface area contributed by atoms with Gasteiger partial charge in [-0.3, -0.25) is 9.48 Å². The monoisotopic (exact) mass is 552 g/mol. The first-order chi connectivity index (χ1) is 18.6. The van der Waals surface area contributed by atoms with E-state index in [2.05, 4.69) is 25.7 Å². The predicted octanol–water partition coefficient (Wildman–Crippen LogP) is 2.42. The van der Waals surface area contributed by atoms with Gasteiger partial charge in [-0.25, -0.2) is 22.8 Å². The fraction of sp³-hybridized carbons (Fsp3) is 0.280. The summed E-state index contributed by atoms with van der Waals surface area (Å²) in [7, 11) is -1.70. The zero-order valence-corrected chi connectivity index (χ0v) is 22.0. The van der Waals surface area contributed by atoms with E-state index in [0.29, 0.717) is 52.2 Å². The molecule has 14 heteroatoms. The van der Waals surface area contributed by atoms with Crippen molar-refractivity contribution in [1.82, 2.24) is 24.6 Å². The van der Waals surface area contributed by atoms with Crippen LogP contribution in [0.4, 0.5) is 27.4 Å². The molecule has 0 bridgehead atoms. The van der Waals surface area contributed by atoms with Crippen LogP contribution >= 0.6 is 0 Å². The van der Waals surface area contributed by atoms with Crippen LogP contribution in [0.1, 0.15) is 11.3 Å². The maximum Gasteiger partial charge on any atom is 0.244 e. The molecule has 0 saturated heterocycles. The van der Waals surface area contributed by atoms with E-state index in [0.717, 1.165) is 5.69 Å². The molecule has 1 amide bonds. The normalized spacial score (nSPS) is 16.5. The quantitative estimate of drug-likeness (QED) is 0.322. The first kappa shape index (κ1) is 24.9. The Kier molecular flexibility index (Phi) is 5.79. The second-order valence-electron chi connectivity index (χ2n) is 9.62. The number of likely N-dealkylation sites (N-methyl/N-ethyl adjacent to an activating group) is 1. The van der Waals surface area contributed by atoms with Crippen molar-refractivity contribution in [1.29, 1.82) is 0 Å². The van der Waals surface area contributed by atoms with Crippen LogP contribution in [0.15, 0.2) is 30.6 Å². The molecule has 0 fully saturated rings. The number of anilines is 4. The van der Waals surface area contributed by atoms with E-state index in [4.69, 9.17) is 10.5 Å². The van der Waals surface area contributed by atoms with E-state index in [9.17, 15) is 13.2 Å². The van der Waals surface area contributed by atoms with Gasteiger partial charge in [0, 0.05) is 60.7 Å². The number of carbonyl (C=O) groups excluding carboxylic acids is 1. The highest BCUT2D eigenvalue weighted by Crippen LogP contribution is 2.39. The molecule has 4 N–H and O–H groups in total. The van der Waals surface area contributed by atoms with Crippen molar-refractivity contribution >= 4 is 49.5 Å². The number of ether oxygens (including phenoxy) is 1. The number of sulfone groups is 1. The Hall–Kier alpha value is -4.46. The molecule has 5 heterocycles. The summed E-state index contributed by atoms with van der Waals surface area (Å²) >= 11 is 0. The molecule has 12 nitrogen and oxygen atoms in total. The minimum Gasteiger partial charge on any atom is -0.460 e. The number of hydrogen-bond donors (Lipinski definition) is 3. The Morgan fingerprint density at radius 3 is 2.79 bits per heavy atom. The summed E-state index contributed by atoms with van der Waals surface area (Å²) in [6.45, 7) is 2.51. The lowest BCUT2D eigenvalue weighted by Crippen LogP contribution is -2.29. The van der Waals surface area contributed by atoms with Gasteiger partial charge in [0.25, 0.3) is 0 Å². The van der Waals surface area contributed by atoms with E-state index in [1.807, 2.05) is 6.07 Å². The molecule has 0 radical (unpaired) electrons. The molecule has 4 aromatic rings. The SMILES string of the molecule is Cc1c(-c2cc3cc(Nc4cc5n(n4)CC(=O)N(C)CC5)ncc3c(N)c2F)cnc2c1NCS(=O)(=O)CO2. The van der Waals surface area contributed by atoms with Crippen LogP contribution in [0.5, 0.6) is 5.88 Å². The molecule has 39 heavy (non-hydrogen) atoms. The van der Waals surface area contributed by atoms with Crippen LogP contribution in [0.2, 0.25) is 0 Å². The number of aromatic nitrogens is 4. The molecule has 2 aliphatic heterocycles. The molecule has 0 unspecified atom stereocenters. The van der Waals surface area contributed by atoms with Crippen LogP contribution in [0.25, 0.3) is 21.9 Å². The molecule has 1 aromatic carbocycles. The lowest BCUT2D eigenvalue weighted by Gasteiger charge is -2.16. The molecule has 3 aromatic heterocycles. The van der Waals surface area contributed by atoms with Crippen molar-refractivity contribution < 1.29 is 22.3 Å². The number of nitrogens with zero attached hydrogens (tertiary/aromatic N) is 5. The van der Waals surface area contributed by atoms with Crippen LogP contribution in [-0.2, 0) is 27.6 Å². The van der Waals surface area contributed by atoms with Crippen LogP contribution in [0.3, 0.4) is 0 Å². The van der Waals surface area contributed by atoms with Crippen molar-refractivity contribution in [2.45, 2.75) is 19.9 Å². The molecule has 6 rings (SSSR count). The molecule has 0 spiro atoms. The van der Waals surface area contributed by atoms with Gasteiger partial charge in [-0.1, -0.05) is 0 Å². The topological polar surface area (TPSA) is 157 Å². The number of nitrogens with two attached hydrogens (primary N) is 1. The third-order valence-electron chi connectivity index (χ3n) is 6.97. The molecule has 0 aliphatic carbocycles. The minimum atomic E-state index is -3.47. The smallest absolute Gasteiger partial charge is 0.244 e. The van der Waals surface area contributed by atoms with Gasteiger partial charge >= 0.3 is 0 Å². The maximum atomic E-state index is 15.5. The standard InChI is InChI=1S/C25H25FN8O4S/c1-13-17(8-29-25-24(13)30-11-39(36,37)12-38-25)16-5-14-6-19(28-9-18(14)23(27)22(16)26)31-20-7-15-3-4-33(2)21(35)10-34(15)32-20/h5-9,30H,3-4,10-12,27H2,1-2H3,(H,28,31,32). The summed E-state index contributed by atoms with van der Waals surface area (Å²) in [6, 6.07) is 5.26. The summed E-state index contributed by atoms with van der Waals surface area (Å²) in [5.74, 6) is -0.324. The van der Waals surface area contributed by atoms with Crippen LogP contribution in [-0.4, -0.2) is 64.4 Å². The van der Waals surface area contributed by atoms with Crippen molar-refractivity contribution in [2.75, 3.05) is 41.8 Å². The maximum absolute atomic E-state index is 15.5. The highest BCUT2D eigenvalue weighted by atomic mass is 32.2. The fourth-order valence-corrected chi connectivity index (χ4v) is 5.48. The molecule has 2 aliphatic rings. The minimum absolute atomic E-state index is 0.0109. The molecular formula is C25H25FN8O4S. The van der Waals surface area contributed by atoms with E-state index in [1.54, 1.807) is 35.7 Å². The summed E-state index contributed by atoms with van der Waals surface area (Å²) in [4.78, 5) is 22.5. The van der Waals surface area contributed by atoms with Gasteiger partial charge < -0.3 is 26.0 Å². The van der Waals surface area contributed by atoms with Crippen LogP contribution in [0, 0.1) is 12.7 Å². The number of amides is 1. The third kappa shape index (κ3) is 4.46. The third-order valence-corrected chi connectivity index (χ3v) is 8.03. The fourth-order valence-electron chi connectivity index (χ4n) is 4.74. The lowest BCUT2D eigenvalue weighted by molar-refractivity contribution is -0.130. The second-order valence-corrected chi connectivity index (χ2v) is 11.6. The molecule has 202 valence electrons.